The lowest BCUT2D eigenvalue weighted by molar-refractivity contribution is 0.294. The maximum Gasteiger partial charge on any atom is 0.161 e. The summed E-state index contributed by atoms with van der Waals surface area (Å²) in [7, 11) is 1.57. The summed E-state index contributed by atoms with van der Waals surface area (Å²) in [6.45, 7) is 9.97. The first kappa shape index (κ1) is 19.6. The number of rotatable bonds is 6. The Morgan fingerprint density at radius 1 is 1.08 bits per heavy atom. The van der Waals surface area contributed by atoms with Gasteiger partial charge in [0, 0.05) is 0 Å². The van der Waals surface area contributed by atoms with Crippen LogP contribution in [0.2, 0.25) is 0 Å². The summed E-state index contributed by atoms with van der Waals surface area (Å²) in [6, 6.07) is 10.0. The molecule has 3 nitrogen and oxygen atoms in total. The minimum Gasteiger partial charge on any atom is -0.508 e. The number of hydrogen-bond acceptors (Lipinski definition) is 3. The molecule has 0 aromatic heterocycles. The summed E-state index contributed by atoms with van der Waals surface area (Å²) in [5.41, 5.74) is 1.58. The zero-order valence-corrected chi connectivity index (χ0v) is 14.7. The molecular weight excluding hydrogens is 307 g/mol. The largest absolute Gasteiger partial charge is 0.508 e. The second kappa shape index (κ2) is 9.60. The van der Waals surface area contributed by atoms with Gasteiger partial charge in [0.1, 0.15) is 11.6 Å². The van der Waals surface area contributed by atoms with Crippen LogP contribution in [-0.2, 0) is 0 Å². The van der Waals surface area contributed by atoms with Crippen molar-refractivity contribution in [3.8, 4) is 22.6 Å². The molecule has 0 aliphatic heterocycles. The highest BCUT2D eigenvalue weighted by Gasteiger charge is 2.10. The molecule has 2 rings (SSSR count). The summed E-state index contributed by atoms with van der Waals surface area (Å²) in [4.78, 5) is 0. The molecule has 0 heterocycles. The minimum absolute atomic E-state index is 0.0959. The van der Waals surface area contributed by atoms with Crippen LogP contribution in [0.25, 0.3) is 16.9 Å². The van der Waals surface area contributed by atoms with Crippen LogP contribution >= 0.6 is 0 Å². The van der Waals surface area contributed by atoms with E-state index < -0.39 is 5.82 Å². The van der Waals surface area contributed by atoms with Gasteiger partial charge in [-0.15, -0.1) is 0 Å². The quantitative estimate of drug-likeness (QED) is 0.675. The Hall–Kier alpha value is -2.49. The lowest BCUT2D eigenvalue weighted by Crippen LogP contribution is -1.98. The van der Waals surface area contributed by atoms with E-state index in [1.54, 1.807) is 25.3 Å². The van der Waals surface area contributed by atoms with Crippen molar-refractivity contribution in [2.45, 2.75) is 27.2 Å². The molecule has 0 aliphatic rings. The molecule has 0 saturated heterocycles. The van der Waals surface area contributed by atoms with Gasteiger partial charge >= 0.3 is 0 Å². The summed E-state index contributed by atoms with van der Waals surface area (Å²) >= 11 is 0. The number of hydrogen-bond donors (Lipinski definition) is 1. The second-order valence-electron chi connectivity index (χ2n) is 4.86. The van der Waals surface area contributed by atoms with Gasteiger partial charge in [-0.05, 0) is 41.8 Å². The fourth-order valence-electron chi connectivity index (χ4n) is 2.11. The Morgan fingerprint density at radius 3 is 2.25 bits per heavy atom. The van der Waals surface area contributed by atoms with E-state index >= 15 is 0 Å². The maximum atomic E-state index is 13.9. The molecule has 0 saturated carbocycles. The second-order valence-corrected chi connectivity index (χ2v) is 4.86. The molecule has 4 heteroatoms. The van der Waals surface area contributed by atoms with Crippen molar-refractivity contribution in [3.63, 3.8) is 0 Å². The molecule has 0 atom stereocenters. The molecule has 0 amide bonds. The number of aliphatic hydroxyl groups is 1. The summed E-state index contributed by atoms with van der Waals surface area (Å²) in [6.07, 6.45) is 0.905. The molecule has 0 spiro atoms. The van der Waals surface area contributed by atoms with Crippen LogP contribution in [0, 0.1) is 5.82 Å². The van der Waals surface area contributed by atoms with Crippen molar-refractivity contribution < 1.29 is 19.0 Å². The lowest BCUT2D eigenvalue weighted by Gasteiger charge is -2.12. The first-order valence-corrected chi connectivity index (χ1v) is 8.05. The normalized spacial score (nSPS) is 9.71. The fourth-order valence-corrected chi connectivity index (χ4v) is 2.11. The molecule has 2 aromatic carbocycles. The van der Waals surface area contributed by atoms with Crippen LogP contribution in [0.15, 0.2) is 43.0 Å². The third-order valence-corrected chi connectivity index (χ3v) is 3.24. The SMILES string of the molecule is C=C(O)c1ccc(-c2ccc(OCCC)c(OC)c2)cc1F.CC. The molecule has 0 fully saturated rings. The van der Waals surface area contributed by atoms with Crippen LogP contribution in [0.1, 0.15) is 32.8 Å². The molecule has 0 unspecified atom stereocenters. The van der Waals surface area contributed by atoms with Crippen LogP contribution in [0.5, 0.6) is 11.5 Å². The topological polar surface area (TPSA) is 38.7 Å². The van der Waals surface area contributed by atoms with Crippen molar-refractivity contribution in [2.75, 3.05) is 13.7 Å². The summed E-state index contributed by atoms with van der Waals surface area (Å²) in [5, 5.41) is 9.30. The van der Waals surface area contributed by atoms with Crippen LogP contribution in [0.4, 0.5) is 4.39 Å². The van der Waals surface area contributed by atoms with E-state index in [9.17, 15) is 9.50 Å². The number of methoxy groups -OCH3 is 1. The van der Waals surface area contributed by atoms with Crippen molar-refractivity contribution in [1.82, 2.24) is 0 Å². The molecule has 0 bridgehead atoms. The Balaban J connectivity index is 0.00000139. The number of halogens is 1. The first-order chi connectivity index (χ1) is 11.6. The van der Waals surface area contributed by atoms with E-state index in [-0.39, 0.29) is 11.3 Å². The predicted molar refractivity (Wildman–Crippen MR) is 97.2 cm³/mol. The van der Waals surface area contributed by atoms with E-state index in [2.05, 4.69) is 6.58 Å². The number of benzene rings is 2. The highest BCUT2D eigenvalue weighted by molar-refractivity contribution is 5.70. The Kier molecular flexibility index (Phi) is 7.83. The predicted octanol–water partition coefficient (Wildman–Crippen LogP) is 5.85. The third-order valence-electron chi connectivity index (χ3n) is 3.24. The molecular formula is C20H25FO3. The molecule has 1 N–H and O–H groups in total. The Morgan fingerprint density at radius 2 is 1.71 bits per heavy atom. The van der Waals surface area contributed by atoms with Crippen molar-refractivity contribution in [3.05, 3.63) is 54.4 Å². The zero-order valence-electron chi connectivity index (χ0n) is 14.7. The highest BCUT2D eigenvalue weighted by Crippen LogP contribution is 2.33. The smallest absolute Gasteiger partial charge is 0.161 e. The lowest BCUT2D eigenvalue weighted by atomic mass is 10.0. The minimum atomic E-state index is -0.518. The van der Waals surface area contributed by atoms with Gasteiger partial charge in [-0.2, -0.15) is 0 Å². The zero-order chi connectivity index (χ0) is 18.1. The van der Waals surface area contributed by atoms with Crippen molar-refractivity contribution in [2.24, 2.45) is 0 Å². The van der Waals surface area contributed by atoms with Crippen LogP contribution in [-0.4, -0.2) is 18.8 Å². The molecule has 130 valence electrons. The van der Waals surface area contributed by atoms with Gasteiger partial charge in [-0.25, -0.2) is 4.39 Å². The molecule has 0 aliphatic carbocycles. The highest BCUT2D eigenvalue weighted by atomic mass is 19.1. The number of aliphatic hydroxyl groups excluding tert-OH is 1. The van der Waals surface area contributed by atoms with Gasteiger partial charge in [0.2, 0.25) is 0 Å². The monoisotopic (exact) mass is 332 g/mol. The number of ether oxygens (including phenoxy) is 2. The fraction of sp³-hybridized carbons (Fsp3) is 0.300. The van der Waals surface area contributed by atoms with Gasteiger partial charge < -0.3 is 14.6 Å². The van der Waals surface area contributed by atoms with Crippen molar-refractivity contribution in [1.29, 1.82) is 0 Å². The van der Waals surface area contributed by atoms with E-state index in [4.69, 9.17) is 9.47 Å². The van der Waals surface area contributed by atoms with Crippen molar-refractivity contribution >= 4 is 5.76 Å². The Labute approximate surface area is 143 Å². The van der Waals surface area contributed by atoms with E-state index in [0.717, 1.165) is 12.0 Å². The van der Waals surface area contributed by atoms with Crippen LogP contribution < -0.4 is 9.47 Å². The van der Waals surface area contributed by atoms with E-state index in [1.807, 2.05) is 26.8 Å². The van der Waals surface area contributed by atoms with Gasteiger partial charge in [0.15, 0.2) is 11.5 Å². The summed E-state index contributed by atoms with van der Waals surface area (Å²) in [5.74, 6) is 0.455. The molecule has 0 radical (unpaired) electrons. The van der Waals surface area contributed by atoms with Gasteiger partial charge in [-0.3, -0.25) is 0 Å². The van der Waals surface area contributed by atoms with E-state index in [1.165, 1.54) is 12.1 Å². The van der Waals surface area contributed by atoms with Gasteiger partial charge in [0.05, 0.1) is 19.3 Å². The van der Waals surface area contributed by atoms with Gasteiger partial charge in [-0.1, -0.05) is 39.5 Å². The van der Waals surface area contributed by atoms with Crippen LogP contribution in [0.3, 0.4) is 0 Å². The standard InChI is InChI=1S/C18H19FO3.C2H6/c1-4-9-22-17-8-6-14(11-18(17)21-3)13-5-7-15(12(2)20)16(19)10-13;1-2/h5-8,10-11,20H,2,4,9H2,1,3H3;1-2H3. The molecule has 24 heavy (non-hydrogen) atoms. The molecule has 2 aromatic rings. The first-order valence-electron chi connectivity index (χ1n) is 8.05. The van der Waals surface area contributed by atoms with E-state index in [0.29, 0.717) is 23.7 Å². The maximum absolute atomic E-state index is 13.9. The average molecular weight is 332 g/mol. The van der Waals surface area contributed by atoms with Gasteiger partial charge in [0.25, 0.3) is 0 Å². The third kappa shape index (κ3) is 4.75. The summed E-state index contributed by atoms with van der Waals surface area (Å²) < 4.78 is 24.9. The Bertz CT molecular complexity index is 681. The average Bonchev–Trinajstić information content (AvgIpc) is 2.61.